The predicted molar refractivity (Wildman–Crippen MR) is 127 cm³/mol. The summed E-state index contributed by atoms with van der Waals surface area (Å²) in [6.07, 6.45) is 6.09. The molecule has 2 aliphatic heterocycles. The van der Waals surface area contributed by atoms with Crippen LogP contribution in [0.1, 0.15) is 43.7 Å². The molecule has 1 aromatic carbocycles. The quantitative estimate of drug-likeness (QED) is 0.382. The Morgan fingerprint density at radius 1 is 1.22 bits per heavy atom. The number of likely N-dealkylation sites (tertiary alicyclic amines) is 1. The summed E-state index contributed by atoms with van der Waals surface area (Å²) in [6.45, 7) is 7.87. The second kappa shape index (κ2) is 11.1. The van der Waals surface area contributed by atoms with Crippen molar-refractivity contribution in [2.75, 3.05) is 45.2 Å². The molecule has 5 nitrogen and oxygen atoms in total. The Hall–Kier alpha value is -1.02. The monoisotopic (exact) mass is 485 g/mol. The minimum absolute atomic E-state index is 0. The standard InChI is InChI=1S/C21H35N5.HI/c1-4-11-26-13-9-19(10-14-26)24-21(22-2)23-16-17-7-8-20-18(15-17)6-5-12-25(20)3;/h7-8,15,19H,4-6,9-14,16H2,1-3H3,(H2,22,23,24);1H. The van der Waals surface area contributed by atoms with Crippen LogP contribution in [0.15, 0.2) is 23.2 Å². The van der Waals surface area contributed by atoms with E-state index in [2.05, 4.69) is 57.6 Å². The van der Waals surface area contributed by atoms with Gasteiger partial charge in [-0.1, -0.05) is 19.1 Å². The van der Waals surface area contributed by atoms with E-state index in [1.54, 1.807) is 0 Å². The van der Waals surface area contributed by atoms with Crippen LogP contribution in [0.2, 0.25) is 0 Å². The van der Waals surface area contributed by atoms with Crippen molar-refractivity contribution in [2.45, 2.75) is 51.6 Å². The summed E-state index contributed by atoms with van der Waals surface area (Å²) < 4.78 is 0. The third-order valence-corrected chi connectivity index (χ3v) is 5.65. The molecule has 0 atom stereocenters. The van der Waals surface area contributed by atoms with Crippen LogP contribution in [0, 0.1) is 0 Å². The Kier molecular flexibility index (Phi) is 9.15. The van der Waals surface area contributed by atoms with Crippen molar-refractivity contribution in [1.82, 2.24) is 15.5 Å². The predicted octanol–water partition coefficient (Wildman–Crippen LogP) is 3.23. The normalized spacial score (nSPS) is 18.6. The maximum Gasteiger partial charge on any atom is 0.191 e. The summed E-state index contributed by atoms with van der Waals surface area (Å²) in [6, 6.07) is 7.40. The third-order valence-electron chi connectivity index (χ3n) is 5.65. The number of hydrogen-bond donors (Lipinski definition) is 2. The van der Waals surface area contributed by atoms with Gasteiger partial charge in [0.2, 0.25) is 0 Å². The smallest absolute Gasteiger partial charge is 0.191 e. The fourth-order valence-electron chi connectivity index (χ4n) is 4.14. The lowest BCUT2D eigenvalue weighted by molar-refractivity contribution is 0.206. The van der Waals surface area contributed by atoms with Gasteiger partial charge in [0, 0.05) is 52.0 Å². The van der Waals surface area contributed by atoms with Gasteiger partial charge in [-0.05, 0) is 55.8 Å². The number of piperidine rings is 1. The van der Waals surface area contributed by atoms with Crippen LogP contribution in [0.3, 0.4) is 0 Å². The van der Waals surface area contributed by atoms with E-state index in [4.69, 9.17) is 0 Å². The van der Waals surface area contributed by atoms with Crippen molar-refractivity contribution in [2.24, 2.45) is 4.99 Å². The Balaban J connectivity index is 0.00000261. The van der Waals surface area contributed by atoms with E-state index >= 15 is 0 Å². The van der Waals surface area contributed by atoms with Crippen LogP contribution in [0.4, 0.5) is 5.69 Å². The van der Waals surface area contributed by atoms with Gasteiger partial charge in [0.05, 0.1) is 0 Å². The molecule has 152 valence electrons. The fourth-order valence-corrected chi connectivity index (χ4v) is 4.14. The molecule has 0 amide bonds. The number of nitrogens with one attached hydrogen (secondary N) is 2. The largest absolute Gasteiger partial charge is 0.374 e. The number of halogens is 1. The molecule has 0 bridgehead atoms. The minimum Gasteiger partial charge on any atom is -0.374 e. The number of nitrogens with zero attached hydrogens (tertiary/aromatic N) is 3. The average molecular weight is 485 g/mol. The van der Waals surface area contributed by atoms with Crippen molar-refractivity contribution < 1.29 is 0 Å². The van der Waals surface area contributed by atoms with E-state index in [9.17, 15) is 0 Å². The molecule has 0 radical (unpaired) electrons. The highest BCUT2D eigenvalue weighted by Crippen LogP contribution is 2.26. The molecule has 27 heavy (non-hydrogen) atoms. The van der Waals surface area contributed by atoms with E-state index in [0.29, 0.717) is 6.04 Å². The number of guanidine groups is 1. The van der Waals surface area contributed by atoms with E-state index in [1.165, 1.54) is 68.6 Å². The Labute approximate surface area is 182 Å². The lowest BCUT2D eigenvalue weighted by Crippen LogP contribution is -2.48. The van der Waals surface area contributed by atoms with Crippen LogP contribution in [0.25, 0.3) is 0 Å². The van der Waals surface area contributed by atoms with Gasteiger partial charge < -0.3 is 20.4 Å². The highest BCUT2D eigenvalue weighted by Gasteiger charge is 2.19. The number of aliphatic imine (C=N–C) groups is 1. The molecule has 0 saturated carbocycles. The number of rotatable bonds is 5. The van der Waals surface area contributed by atoms with E-state index in [0.717, 1.165) is 19.0 Å². The van der Waals surface area contributed by atoms with Crippen LogP contribution >= 0.6 is 24.0 Å². The molecule has 0 aliphatic carbocycles. The second-order valence-electron chi connectivity index (χ2n) is 7.67. The molecule has 6 heteroatoms. The maximum atomic E-state index is 4.42. The van der Waals surface area contributed by atoms with E-state index in [-0.39, 0.29) is 24.0 Å². The summed E-state index contributed by atoms with van der Waals surface area (Å²) in [5.74, 6) is 0.925. The van der Waals surface area contributed by atoms with Crippen LogP contribution in [-0.2, 0) is 13.0 Å². The van der Waals surface area contributed by atoms with Gasteiger partial charge in [0.25, 0.3) is 0 Å². The average Bonchev–Trinajstić information content (AvgIpc) is 2.67. The van der Waals surface area contributed by atoms with Crippen molar-refractivity contribution in [3.63, 3.8) is 0 Å². The first-order valence-corrected chi connectivity index (χ1v) is 10.2. The molecule has 1 fully saturated rings. The molecule has 1 saturated heterocycles. The van der Waals surface area contributed by atoms with Gasteiger partial charge in [0.15, 0.2) is 5.96 Å². The number of hydrogen-bond acceptors (Lipinski definition) is 3. The minimum atomic E-state index is 0. The zero-order valence-corrected chi connectivity index (χ0v) is 19.5. The molecule has 0 aromatic heterocycles. The Morgan fingerprint density at radius 2 is 2.00 bits per heavy atom. The maximum absolute atomic E-state index is 4.42. The van der Waals surface area contributed by atoms with E-state index in [1.807, 2.05) is 7.05 Å². The van der Waals surface area contributed by atoms with Crippen LogP contribution in [-0.4, -0.2) is 57.2 Å². The molecule has 3 rings (SSSR count). The zero-order valence-electron chi connectivity index (χ0n) is 17.1. The lowest BCUT2D eigenvalue weighted by Gasteiger charge is -2.32. The summed E-state index contributed by atoms with van der Waals surface area (Å²) in [5.41, 5.74) is 4.20. The molecule has 2 N–H and O–H groups in total. The number of aryl methyl sites for hydroxylation is 1. The second-order valence-corrected chi connectivity index (χ2v) is 7.67. The SMILES string of the molecule is CCCN1CCC(NC(=NC)NCc2ccc3c(c2)CCCN3C)CC1.I. The molecule has 0 spiro atoms. The molecule has 2 heterocycles. The fraction of sp³-hybridized carbons (Fsp3) is 0.667. The van der Waals surface area contributed by atoms with Crippen molar-refractivity contribution >= 4 is 35.6 Å². The van der Waals surface area contributed by atoms with Crippen molar-refractivity contribution in [3.8, 4) is 0 Å². The van der Waals surface area contributed by atoms with Gasteiger partial charge >= 0.3 is 0 Å². The number of anilines is 1. The van der Waals surface area contributed by atoms with Crippen LogP contribution in [0.5, 0.6) is 0 Å². The summed E-state index contributed by atoms with van der Waals surface area (Å²) in [7, 11) is 4.05. The summed E-state index contributed by atoms with van der Waals surface area (Å²) in [5, 5.41) is 7.11. The molecule has 2 aliphatic rings. The van der Waals surface area contributed by atoms with Gasteiger partial charge in [-0.15, -0.1) is 24.0 Å². The van der Waals surface area contributed by atoms with Gasteiger partial charge in [0.1, 0.15) is 0 Å². The zero-order chi connectivity index (χ0) is 18.4. The Bertz CT molecular complexity index is 611. The first-order valence-electron chi connectivity index (χ1n) is 10.2. The molecule has 1 aromatic rings. The van der Waals surface area contributed by atoms with Crippen molar-refractivity contribution in [3.05, 3.63) is 29.3 Å². The first-order chi connectivity index (χ1) is 12.7. The Morgan fingerprint density at radius 3 is 2.70 bits per heavy atom. The number of benzene rings is 1. The third kappa shape index (κ3) is 6.24. The number of fused-ring (bicyclic) bond motifs is 1. The topological polar surface area (TPSA) is 42.9 Å². The summed E-state index contributed by atoms with van der Waals surface area (Å²) >= 11 is 0. The van der Waals surface area contributed by atoms with Crippen LogP contribution < -0.4 is 15.5 Å². The highest BCUT2D eigenvalue weighted by atomic mass is 127. The molecular formula is C21H36IN5. The van der Waals surface area contributed by atoms with Crippen molar-refractivity contribution in [1.29, 1.82) is 0 Å². The van der Waals surface area contributed by atoms with Gasteiger partial charge in [-0.25, -0.2) is 0 Å². The van der Waals surface area contributed by atoms with Gasteiger partial charge in [-0.3, -0.25) is 4.99 Å². The first kappa shape index (κ1) is 22.3. The molecular weight excluding hydrogens is 449 g/mol. The summed E-state index contributed by atoms with van der Waals surface area (Å²) in [4.78, 5) is 9.36. The molecule has 0 unspecified atom stereocenters. The van der Waals surface area contributed by atoms with Gasteiger partial charge in [-0.2, -0.15) is 0 Å². The van der Waals surface area contributed by atoms with E-state index < -0.39 is 0 Å². The lowest BCUT2D eigenvalue weighted by atomic mass is 9.99. The highest BCUT2D eigenvalue weighted by molar-refractivity contribution is 14.0.